The minimum absolute atomic E-state index is 0. The Labute approximate surface area is 243 Å². The largest absolute Gasteiger partial charge is 1.00 e. The summed E-state index contributed by atoms with van der Waals surface area (Å²) in [6.07, 6.45) is 14.6. The van der Waals surface area contributed by atoms with E-state index in [1.807, 2.05) is 13.0 Å². The zero-order valence-electron chi connectivity index (χ0n) is 20.5. The number of rotatable bonds is 13. The Kier molecular flexibility index (Phi) is 28.5. The molecule has 0 unspecified atom stereocenters. The first kappa shape index (κ1) is 40.8. The SMILES string of the molecule is CC(C)=CCCC(C)=CCCC(=CCCC(C)=CCO)CO.O=S(=O)([O-])OS(=O)(=O)[O-].[Na+].[Na+]. The molecule has 0 rings (SSSR count). The summed E-state index contributed by atoms with van der Waals surface area (Å²) >= 11 is 0. The molecule has 0 atom stereocenters. The van der Waals surface area contributed by atoms with Crippen molar-refractivity contribution in [1.82, 2.24) is 0 Å². The topological polar surface area (TPSA) is 164 Å². The van der Waals surface area contributed by atoms with Gasteiger partial charge in [-0.05, 0) is 71.8 Å². The summed E-state index contributed by atoms with van der Waals surface area (Å²) in [5.74, 6) is 0. The molecule has 0 aromatic rings. The summed E-state index contributed by atoms with van der Waals surface area (Å²) in [6.45, 7) is 8.74. The summed E-state index contributed by atoms with van der Waals surface area (Å²) < 4.78 is 58.2. The van der Waals surface area contributed by atoms with Crippen molar-refractivity contribution in [2.75, 3.05) is 13.2 Å². The van der Waals surface area contributed by atoms with Crippen LogP contribution in [0.15, 0.2) is 46.6 Å². The van der Waals surface area contributed by atoms with Gasteiger partial charge in [0.05, 0.1) is 13.2 Å². The van der Waals surface area contributed by atoms with Crippen molar-refractivity contribution in [1.29, 1.82) is 0 Å². The molecule has 0 aromatic carbocycles. The zero-order chi connectivity index (χ0) is 24.5. The molecular formula is C20H34Na2O9S2. The first-order valence-electron chi connectivity index (χ1n) is 9.67. The van der Waals surface area contributed by atoms with Gasteiger partial charge in [0.1, 0.15) is 0 Å². The van der Waals surface area contributed by atoms with Crippen LogP contribution in [0.4, 0.5) is 0 Å². The van der Waals surface area contributed by atoms with Crippen LogP contribution in [0.2, 0.25) is 0 Å². The van der Waals surface area contributed by atoms with Crippen LogP contribution < -0.4 is 59.1 Å². The van der Waals surface area contributed by atoms with Crippen LogP contribution in [0.5, 0.6) is 0 Å². The van der Waals surface area contributed by atoms with E-state index < -0.39 is 20.8 Å². The van der Waals surface area contributed by atoms with Crippen molar-refractivity contribution in [3.05, 3.63) is 46.6 Å². The molecule has 0 amide bonds. The molecule has 0 aliphatic carbocycles. The van der Waals surface area contributed by atoms with Gasteiger partial charge in [0.15, 0.2) is 0 Å². The Hall–Kier alpha value is 0.660. The number of allylic oxidation sites excluding steroid dienone is 6. The predicted octanol–water partition coefficient (Wildman–Crippen LogP) is -2.97. The monoisotopic (exact) mass is 528 g/mol. The van der Waals surface area contributed by atoms with Gasteiger partial charge in [0.25, 0.3) is 0 Å². The second-order valence-corrected chi connectivity index (χ2v) is 9.26. The Morgan fingerprint density at radius 2 is 1.15 bits per heavy atom. The molecule has 9 nitrogen and oxygen atoms in total. The maximum Gasteiger partial charge on any atom is 1.00 e. The average molecular weight is 529 g/mol. The molecule has 33 heavy (non-hydrogen) atoms. The quantitative estimate of drug-likeness (QED) is 0.110. The van der Waals surface area contributed by atoms with Gasteiger partial charge in [-0.15, -0.1) is 0 Å². The van der Waals surface area contributed by atoms with E-state index in [1.54, 1.807) is 0 Å². The van der Waals surface area contributed by atoms with E-state index in [-0.39, 0.29) is 72.3 Å². The van der Waals surface area contributed by atoms with Crippen molar-refractivity contribution >= 4 is 20.8 Å². The van der Waals surface area contributed by atoms with Crippen LogP contribution in [0.1, 0.15) is 66.2 Å². The maximum atomic E-state index is 9.41. The van der Waals surface area contributed by atoms with Crippen LogP contribution in [-0.2, 0) is 24.4 Å². The van der Waals surface area contributed by atoms with Crippen LogP contribution >= 0.6 is 0 Å². The van der Waals surface area contributed by atoms with Crippen molar-refractivity contribution in [3.63, 3.8) is 0 Å². The summed E-state index contributed by atoms with van der Waals surface area (Å²) in [6, 6.07) is 0. The Morgan fingerprint density at radius 3 is 1.52 bits per heavy atom. The van der Waals surface area contributed by atoms with Gasteiger partial charge in [-0.1, -0.05) is 41.0 Å². The Bertz CT molecular complexity index is 811. The normalized spacial score (nSPS) is 12.7. The van der Waals surface area contributed by atoms with E-state index in [2.05, 4.69) is 42.6 Å². The van der Waals surface area contributed by atoms with Gasteiger partial charge in [0, 0.05) is 0 Å². The van der Waals surface area contributed by atoms with Gasteiger partial charge in [-0.25, -0.2) is 16.8 Å². The van der Waals surface area contributed by atoms with Crippen LogP contribution in [0, 0.1) is 0 Å². The number of hydrogen-bond acceptors (Lipinski definition) is 9. The maximum absolute atomic E-state index is 9.41. The van der Waals surface area contributed by atoms with Crippen molar-refractivity contribution in [2.24, 2.45) is 0 Å². The molecule has 0 aliphatic rings. The third kappa shape index (κ3) is 34.9. The molecule has 0 saturated heterocycles. The average Bonchev–Trinajstić information content (AvgIpc) is 2.57. The summed E-state index contributed by atoms with van der Waals surface area (Å²) in [5.41, 5.74) is 5.12. The van der Waals surface area contributed by atoms with Gasteiger partial charge in [0.2, 0.25) is 20.8 Å². The van der Waals surface area contributed by atoms with Gasteiger partial charge in [-0.3, -0.25) is 0 Å². The minimum Gasteiger partial charge on any atom is -0.725 e. The minimum atomic E-state index is -5.43. The molecule has 0 heterocycles. The smallest absolute Gasteiger partial charge is 0.725 e. The van der Waals surface area contributed by atoms with E-state index in [4.69, 9.17) is 5.11 Å². The molecule has 0 spiro atoms. The van der Waals surface area contributed by atoms with Gasteiger partial charge in [-0.2, -0.15) is 3.63 Å². The number of hydrogen-bond donors (Lipinski definition) is 2. The number of aliphatic hydroxyl groups is 2. The fourth-order valence-corrected chi connectivity index (χ4v) is 3.12. The van der Waals surface area contributed by atoms with E-state index in [9.17, 15) is 31.0 Å². The molecule has 0 radical (unpaired) electrons. The fourth-order valence-electron chi connectivity index (χ4n) is 2.30. The molecular weight excluding hydrogens is 494 g/mol. The second kappa shape index (κ2) is 23.1. The zero-order valence-corrected chi connectivity index (χ0v) is 26.2. The van der Waals surface area contributed by atoms with E-state index >= 15 is 0 Å². The molecule has 0 saturated carbocycles. The van der Waals surface area contributed by atoms with Gasteiger partial charge < -0.3 is 19.3 Å². The summed E-state index contributed by atoms with van der Waals surface area (Å²) in [4.78, 5) is 0. The third-order valence-corrected chi connectivity index (χ3v) is 5.16. The first-order chi connectivity index (χ1) is 14.2. The van der Waals surface area contributed by atoms with E-state index in [1.165, 1.54) is 16.7 Å². The second-order valence-electron chi connectivity index (χ2n) is 7.09. The Balaban J connectivity index is -0.000000325. The molecule has 0 bridgehead atoms. The number of aliphatic hydroxyl groups excluding tert-OH is 2. The predicted molar refractivity (Wildman–Crippen MR) is 117 cm³/mol. The summed E-state index contributed by atoms with van der Waals surface area (Å²) in [5, 5.41) is 18.2. The van der Waals surface area contributed by atoms with Crippen LogP contribution in [-0.4, -0.2) is 49.4 Å². The Morgan fingerprint density at radius 1 is 0.727 bits per heavy atom. The molecule has 0 fully saturated rings. The van der Waals surface area contributed by atoms with Gasteiger partial charge >= 0.3 is 59.1 Å². The standard InChI is InChI=1S/C20H34O2.2Na.H2O7S2/c1-17(2)8-5-9-18(3)10-6-12-20(16-22)13-7-11-19(4)14-15-21;;;1-8(2,3)7-9(4,5)6/h8,10,13-14,21-22H,5-7,9,11-12,15-16H2,1-4H3;;;(H,1,2,3)(H,4,5,6)/q;2*+1;/p-2. The van der Waals surface area contributed by atoms with Crippen molar-refractivity contribution in [2.45, 2.75) is 66.2 Å². The molecule has 0 aliphatic heterocycles. The molecule has 182 valence electrons. The fraction of sp³-hybridized carbons (Fsp3) is 0.600. The van der Waals surface area contributed by atoms with Crippen LogP contribution in [0.25, 0.3) is 0 Å². The van der Waals surface area contributed by atoms with E-state index in [0.717, 1.165) is 44.1 Å². The third-order valence-electron chi connectivity index (χ3n) is 3.83. The molecule has 0 aromatic heterocycles. The van der Waals surface area contributed by atoms with E-state index in [0.29, 0.717) is 0 Å². The van der Waals surface area contributed by atoms with Crippen LogP contribution in [0.3, 0.4) is 0 Å². The molecule has 13 heteroatoms. The van der Waals surface area contributed by atoms with Crippen molar-refractivity contribution < 1.29 is 98.9 Å². The first-order valence-corrected chi connectivity index (χ1v) is 12.3. The molecule has 2 N–H and O–H groups in total. The van der Waals surface area contributed by atoms with Crippen molar-refractivity contribution in [3.8, 4) is 0 Å². The summed E-state index contributed by atoms with van der Waals surface area (Å²) in [7, 11) is -10.9.